The Hall–Kier alpha value is -1.88. The molecule has 1 fully saturated rings. The van der Waals surface area contributed by atoms with Crippen molar-refractivity contribution in [3.05, 3.63) is 35.4 Å². The number of nitrogens with zero attached hydrogens (tertiary/aromatic N) is 1. The molecule has 1 amide bonds. The summed E-state index contributed by atoms with van der Waals surface area (Å²) < 4.78 is 4.63. The first-order valence-corrected chi connectivity index (χ1v) is 6.73. The van der Waals surface area contributed by atoms with Gasteiger partial charge < -0.3 is 9.64 Å². The average molecular weight is 276 g/mol. The van der Waals surface area contributed by atoms with E-state index < -0.39 is 0 Å². The predicted octanol–water partition coefficient (Wildman–Crippen LogP) is 1.38. The van der Waals surface area contributed by atoms with Crippen molar-refractivity contribution in [2.24, 2.45) is 0 Å². The molecule has 0 saturated carbocycles. The van der Waals surface area contributed by atoms with Crippen molar-refractivity contribution in [2.45, 2.75) is 32.5 Å². The maximum absolute atomic E-state index is 12.2. The monoisotopic (exact) mass is 276 g/mol. The largest absolute Gasteiger partial charge is 0.469 e. The molecule has 2 rings (SSSR count). The second-order valence-corrected chi connectivity index (χ2v) is 5.06. The quantitative estimate of drug-likeness (QED) is 0.844. The van der Waals surface area contributed by atoms with Gasteiger partial charge in [-0.25, -0.2) is 0 Å². The normalized spacial score (nSPS) is 22.1. The Morgan fingerprint density at radius 2 is 2.00 bits per heavy atom. The lowest BCUT2D eigenvalue weighted by Crippen LogP contribution is -2.32. The van der Waals surface area contributed by atoms with Gasteiger partial charge >= 0.3 is 5.97 Å². The third-order valence-corrected chi connectivity index (χ3v) is 3.55. The van der Waals surface area contributed by atoms with Crippen LogP contribution in [-0.4, -0.2) is 36.5 Å². The van der Waals surface area contributed by atoms with E-state index in [0.29, 0.717) is 6.54 Å². The zero-order chi connectivity index (χ0) is 14.7. The van der Waals surface area contributed by atoms with E-state index in [4.69, 9.17) is 0 Å². The summed E-state index contributed by atoms with van der Waals surface area (Å²) in [6.07, 6.45) is 0.0293. The first-order chi connectivity index (χ1) is 9.52. The van der Waals surface area contributed by atoms with Crippen LogP contribution in [0, 0.1) is 6.92 Å². The minimum absolute atomic E-state index is 0.0134. The maximum atomic E-state index is 12.2. The van der Waals surface area contributed by atoms with Crippen molar-refractivity contribution in [3.8, 4) is 0 Å². The second-order valence-electron chi connectivity index (χ2n) is 5.06. The first-order valence-electron chi connectivity index (χ1n) is 6.73. The number of carbonyl (C=O) groups excluding carboxylic acids is 2. The van der Waals surface area contributed by atoms with Crippen molar-refractivity contribution in [1.82, 2.24) is 10.2 Å². The van der Waals surface area contributed by atoms with Crippen molar-refractivity contribution in [2.75, 3.05) is 13.7 Å². The molecule has 0 aliphatic carbocycles. The molecule has 20 heavy (non-hydrogen) atoms. The molecule has 2 unspecified atom stereocenters. The van der Waals surface area contributed by atoms with Gasteiger partial charge in [0.05, 0.1) is 19.6 Å². The highest BCUT2D eigenvalue weighted by Crippen LogP contribution is 2.25. The molecule has 1 heterocycles. The lowest BCUT2D eigenvalue weighted by atomic mass is 10.1. The number of hydrogen-bond donors (Lipinski definition) is 1. The number of nitrogens with one attached hydrogen (secondary N) is 1. The third-order valence-electron chi connectivity index (χ3n) is 3.55. The molecule has 1 aliphatic heterocycles. The molecule has 0 spiro atoms. The zero-order valence-electron chi connectivity index (χ0n) is 12.1. The summed E-state index contributed by atoms with van der Waals surface area (Å²) in [7, 11) is 1.35. The number of hydrogen-bond acceptors (Lipinski definition) is 4. The number of aryl methyl sites for hydroxylation is 1. The summed E-state index contributed by atoms with van der Waals surface area (Å²) in [6, 6.07) is 7.80. The van der Waals surface area contributed by atoms with Gasteiger partial charge in [0.2, 0.25) is 5.91 Å². The maximum Gasteiger partial charge on any atom is 0.307 e. The summed E-state index contributed by atoms with van der Waals surface area (Å²) in [5.74, 6) is -0.292. The van der Waals surface area contributed by atoms with Crippen molar-refractivity contribution in [1.29, 1.82) is 0 Å². The molecule has 1 saturated heterocycles. The van der Waals surface area contributed by atoms with Gasteiger partial charge in [0, 0.05) is 6.54 Å². The third kappa shape index (κ3) is 2.99. The van der Waals surface area contributed by atoms with Crippen LogP contribution in [0.4, 0.5) is 0 Å². The molecule has 108 valence electrons. The number of esters is 1. The number of benzene rings is 1. The zero-order valence-corrected chi connectivity index (χ0v) is 12.1. The van der Waals surface area contributed by atoms with Gasteiger partial charge in [-0.2, -0.15) is 0 Å². The fourth-order valence-electron chi connectivity index (χ4n) is 2.35. The molecule has 0 bridgehead atoms. The van der Waals surface area contributed by atoms with Gasteiger partial charge in [-0.15, -0.1) is 0 Å². The van der Waals surface area contributed by atoms with Crippen LogP contribution in [-0.2, 0) is 14.3 Å². The highest BCUT2D eigenvalue weighted by atomic mass is 16.5. The summed E-state index contributed by atoms with van der Waals surface area (Å²) >= 11 is 0. The molecule has 1 aromatic rings. The summed E-state index contributed by atoms with van der Waals surface area (Å²) in [5.41, 5.74) is 2.20. The number of amides is 1. The van der Waals surface area contributed by atoms with Crippen LogP contribution in [0.2, 0.25) is 0 Å². The van der Waals surface area contributed by atoms with E-state index in [0.717, 1.165) is 5.56 Å². The lowest BCUT2D eigenvalue weighted by Gasteiger charge is -2.24. The molecular weight excluding hydrogens is 256 g/mol. The van der Waals surface area contributed by atoms with Crippen LogP contribution in [0.5, 0.6) is 0 Å². The van der Waals surface area contributed by atoms with E-state index in [2.05, 4.69) is 10.1 Å². The number of rotatable bonds is 4. The van der Waals surface area contributed by atoms with Crippen molar-refractivity contribution in [3.63, 3.8) is 0 Å². The molecule has 1 aliphatic rings. The van der Waals surface area contributed by atoms with E-state index in [-0.39, 0.29) is 30.5 Å². The SMILES string of the molecule is COC(=O)CCN1C(=O)C(C)NC1c1ccc(C)cc1. The Bertz CT molecular complexity index is 498. The number of carbonyl (C=O) groups is 2. The summed E-state index contributed by atoms with van der Waals surface area (Å²) in [5, 5.41) is 3.26. The molecule has 0 radical (unpaired) electrons. The Morgan fingerprint density at radius 1 is 1.35 bits per heavy atom. The van der Waals surface area contributed by atoms with Gasteiger partial charge in [-0.1, -0.05) is 29.8 Å². The summed E-state index contributed by atoms with van der Waals surface area (Å²) in [6.45, 7) is 4.22. The molecule has 5 heteroatoms. The molecule has 0 aromatic heterocycles. The van der Waals surface area contributed by atoms with Crippen molar-refractivity contribution < 1.29 is 14.3 Å². The first kappa shape index (κ1) is 14.5. The Labute approximate surface area is 118 Å². The molecule has 5 nitrogen and oxygen atoms in total. The minimum atomic E-state index is -0.306. The van der Waals surface area contributed by atoms with E-state index in [1.807, 2.05) is 38.1 Å². The van der Waals surface area contributed by atoms with Gasteiger partial charge in [0.1, 0.15) is 6.17 Å². The average Bonchev–Trinajstić information content (AvgIpc) is 2.73. The fourth-order valence-corrected chi connectivity index (χ4v) is 2.35. The van der Waals surface area contributed by atoms with Crippen LogP contribution in [0.25, 0.3) is 0 Å². The number of methoxy groups -OCH3 is 1. The van der Waals surface area contributed by atoms with Gasteiger partial charge in [0.15, 0.2) is 0 Å². The van der Waals surface area contributed by atoms with E-state index in [9.17, 15) is 9.59 Å². The lowest BCUT2D eigenvalue weighted by molar-refractivity contribution is -0.141. The summed E-state index contributed by atoms with van der Waals surface area (Å²) in [4.78, 5) is 25.1. The topological polar surface area (TPSA) is 58.6 Å². The fraction of sp³-hybridized carbons (Fsp3) is 0.467. The van der Waals surface area contributed by atoms with E-state index >= 15 is 0 Å². The second kappa shape index (κ2) is 6.05. The van der Waals surface area contributed by atoms with Crippen molar-refractivity contribution >= 4 is 11.9 Å². The van der Waals surface area contributed by atoms with Crippen LogP contribution in [0.3, 0.4) is 0 Å². The Balaban J connectivity index is 2.15. The smallest absolute Gasteiger partial charge is 0.307 e. The van der Waals surface area contributed by atoms with Gasteiger partial charge in [-0.3, -0.25) is 14.9 Å². The van der Waals surface area contributed by atoms with Gasteiger partial charge in [0.25, 0.3) is 0 Å². The molecule has 1 N–H and O–H groups in total. The van der Waals surface area contributed by atoms with Crippen LogP contribution >= 0.6 is 0 Å². The Morgan fingerprint density at radius 3 is 2.60 bits per heavy atom. The molecular formula is C15H20N2O3. The standard InChI is InChI=1S/C15H20N2O3/c1-10-4-6-12(7-5-10)14-16-11(2)15(19)17(14)9-8-13(18)20-3/h4-7,11,14,16H,8-9H2,1-3H3. The predicted molar refractivity (Wildman–Crippen MR) is 74.9 cm³/mol. The Kier molecular flexibility index (Phi) is 4.39. The van der Waals surface area contributed by atoms with E-state index in [1.165, 1.54) is 12.7 Å². The molecule has 1 aromatic carbocycles. The highest BCUT2D eigenvalue weighted by Gasteiger charge is 2.36. The highest BCUT2D eigenvalue weighted by molar-refractivity contribution is 5.84. The van der Waals surface area contributed by atoms with E-state index in [1.54, 1.807) is 4.90 Å². The van der Waals surface area contributed by atoms with Crippen LogP contribution in [0.1, 0.15) is 30.6 Å². The number of ether oxygens (including phenoxy) is 1. The van der Waals surface area contributed by atoms with Crippen LogP contribution < -0.4 is 5.32 Å². The minimum Gasteiger partial charge on any atom is -0.469 e. The molecule has 2 atom stereocenters. The van der Waals surface area contributed by atoms with Crippen LogP contribution in [0.15, 0.2) is 24.3 Å². The van der Waals surface area contributed by atoms with Gasteiger partial charge in [-0.05, 0) is 19.4 Å².